The maximum atomic E-state index is 12.4. The summed E-state index contributed by atoms with van der Waals surface area (Å²) in [6, 6.07) is 16.7. The van der Waals surface area contributed by atoms with Crippen LogP contribution in [-0.2, 0) is 4.74 Å². The zero-order valence-electron chi connectivity index (χ0n) is 15.1. The number of halogens is 2. The minimum Gasteiger partial charge on any atom is -0.465 e. The summed E-state index contributed by atoms with van der Waals surface area (Å²) in [5, 5.41) is 4.51. The third kappa shape index (κ3) is 3.64. The molecule has 0 saturated heterocycles. The van der Waals surface area contributed by atoms with Crippen molar-refractivity contribution in [3.05, 3.63) is 66.2 Å². The molecule has 146 valence electrons. The van der Waals surface area contributed by atoms with Crippen LogP contribution in [0.15, 0.2) is 65.2 Å². The summed E-state index contributed by atoms with van der Waals surface area (Å²) in [5.41, 5.74) is 2.61. The van der Waals surface area contributed by atoms with Gasteiger partial charge in [-0.25, -0.2) is 9.78 Å². The molecule has 6 nitrogen and oxygen atoms in total. The summed E-state index contributed by atoms with van der Waals surface area (Å²) in [6.45, 7) is -2.91. The molecular weight excluding hydrogens is 382 g/mol. The van der Waals surface area contributed by atoms with E-state index in [0.29, 0.717) is 22.3 Å². The van der Waals surface area contributed by atoms with Crippen LogP contribution in [0, 0.1) is 0 Å². The summed E-state index contributed by atoms with van der Waals surface area (Å²) in [5.74, 6) is -0.555. The number of aromatic nitrogens is 2. The highest BCUT2D eigenvalue weighted by molar-refractivity contribution is 6.08. The van der Waals surface area contributed by atoms with Gasteiger partial charge < -0.3 is 14.0 Å². The average Bonchev–Trinajstić information content (AvgIpc) is 3.17. The van der Waals surface area contributed by atoms with Crippen LogP contribution in [0.5, 0.6) is 5.75 Å². The smallest absolute Gasteiger partial charge is 0.387 e. The largest absolute Gasteiger partial charge is 0.465 e. The van der Waals surface area contributed by atoms with Gasteiger partial charge in [0.2, 0.25) is 0 Å². The fraction of sp³-hybridized carbons (Fsp3) is 0.0952. The van der Waals surface area contributed by atoms with Crippen molar-refractivity contribution in [3.63, 3.8) is 0 Å². The lowest BCUT2D eigenvalue weighted by Crippen LogP contribution is -2.04. The second kappa shape index (κ2) is 7.67. The molecule has 0 amide bonds. The number of nitrogens with zero attached hydrogens (tertiary/aromatic N) is 2. The molecule has 0 saturated carbocycles. The Morgan fingerprint density at radius 2 is 1.76 bits per heavy atom. The van der Waals surface area contributed by atoms with Crippen LogP contribution in [-0.4, -0.2) is 29.8 Å². The van der Waals surface area contributed by atoms with Gasteiger partial charge in [0.15, 0.2) is 0 Å². The Morgan fingerprint density at radius 3 is 2.41 bits per heavy atom. The molecule has 0 bridgehead atoms. The summed E-state index contributed by atoms with van der Waals surface area (Å²) in [7, 11) is 1.28. The number of esters is 1. The maximum Gasteiger partial charge on any atom is 0.387 e. The zero-order valence-corrected chi connectivity index (χ0v) is 15.1. The summed E-state index contributed by atoms with van der Waals surface area (Å²) in [6.07, 6.45) is 0. The molecule has 2 heterocycles. The van der Waals surface area contributed by atoms with Crippen LogP contribution >= 0.6 is 0 Å². The number of methoxy groups -OCH3 is 1. The summed E-state index contributed by atoms with van der Waals surface area (Å²) >= 11 is 0. The fourth-order valence-electron chi connectivity index (χ4n) is 2.97. The molecule has 4 aromatic rings. The molecule has 8 heteroatoms. The predicted octanol–water partition coefficient (Wildman–Crippen LogP) is 4.94. The first-order chi connectivity index (χ1) is 14.1. The van der Waals surface area contributed by atoms with E-state index in [9.17, 15) is 13.6 Å². The van der Waals surface area contributed by atoms with Gasteiger partial charge in [-0.05, 0) is 30.3 Å². The van der Waals surface area contributed by atoms with Gasteiger partial charge in [-0.1, -0.05) is 35.5 Å². The molecule has 4 rings (SSSR count). The summed E-state index contributed by atoms with van der Waals surface area (Å²) < 4.78 is 39.3. The van der Waals surface area contributed by atoms with Crippen molar-refractivity contribution in [2.75, 3.05) is 7.11 Å². The van der Waals surface area contributed by atoms with E-state index in [1.165, 1.54) is 19.2 Å². The molecule has 2 aromatic carbocycles. The molecule has 0 aliphatic heterocycles. The number of ether oxygens (including phenoxy) is 2. The van der Waals surface area contributed by atoms with Gasteiger partial charge in [0.25, 0.3) is 5.71 Å². The Bertz CT molecular complexity index is 1160. The number of benzene rings is 2. The lowest BCUT2D eigenvalue weighted by Gasteiger charge is -2.08. The minimum absolute atomic E-state index is 0.0176. The summed E-state index contributed by atoms with van der Waals surface area (Å²) in [4.78, 5) is 16.9. The lowest BCUT2D eigenvalue weighted by atomic mass is 10.0. The third-order valence-electron chi connectivity index (χ3n) is 4.27. The molecule has 0 aliphatic carbocycles. The first-order valence-corrected chi connectivity index (χ1v) is 8.56. The van der Waals surface area contributed by atoms with Gasteiger partial charge in [-0.3, -0.25) is 0 Å². The zero-order chi connectivity index (χ0) is 20.4. The highest BCUT2D eigenvalue weighted by Gasteiger charge is 2.22. The molecule has 0 atom stereocenters. The van der Waals surface area contributed by atoms with E-state index in [1.54, 1.807) is 18.2 Å². The van der Waals surface area contributed by atoms with Crippen molar-refractivity contribution in [1.29, 1.82) is 0 Å². The van der Waals surface area contributed by atoms with Gasteiger partial charge in [-0.15, -0.1) is 0 Å². The Labute approximate surface area is 163 Å². The highest BCUT2D eigenvalue weighted by atomic mass is 19.3. The number of rotatable bonds is 5. The lowest BCUT2D eigenvalue weighted by molar-refractivity contribution is -0.0498. The number of pyridine rings is 1. The van der Waals surface area contributed by atoms with E-state index in [1.807, 2.05) is 30.3 Å². The van der Waals surface area contributed by atoms with E-state index < -0.39 is 12.6 Å². The van der Waals surface area contributed by atoms with Crippen molar-refractivity contribution in [2.45, 2.75) is 6.61 Å². The van der Waals surface area contributed by atoms with Gasteiger partial charge in [0.1, 0.15) is 11.4 Å². The highest BCUT2D eigenvalue weighted by Crippen LogP contribution is 2.33. The van der Waals surface area contributed by atoms with E-state index in [2.05, 4.69) is 14.9 Å². The molecule has 0 N–H and O–H groups in total. The average molecular weight is 396 g/mol. The second-order valence-electron chi connectivity index (χ2n) is 6.03. The van der Waals surface area contributed by atoms with E-state index in [0.717, 1.165) is 5.56 Å². The normalized spacial score (nSPS) is 11.0. The van der Waals surface area contributed by atoms with Gasteiger partial charge >= 0.3 is 12.6 Å². The Kier molecular flexibility index (Phi) is 4.90. The number of alkyl halides is 2. The van der Waals surface area contributed by atoms with Crippen LogP contribution in [0.3, 0.4) is 0 Å². The minimum atomic E-state index is -2.91. The second-order valence-corrected chi connectivity index (χ2v) is 6.03. The molecular formula is C21H14F2N2O4. The number of hydrogen-bond acceptors (Lipinski definition) is 6. The van der Waals surface area contributed by atoms with Crippen LogP contribution < -0.4 is 4.74 Å². The first kappa shape index (κ1) is 18.5. The van der Waals surface area contributed by atoms with Gasteiger partial charge in [-0.2, -0.15) is 8.78 Å². The molecule has 2 aromatic heterocycles. The van der Waals surface area contributed by atoms with E-state index in [4.69, 9.17) is 9.26 Å². The molecule has 0 fully saturated rings. The van der Waals surface area contributed by atoms with Crippen LogP contribution in [0.1, 0.15) is 10.4 Å². The van der Waals surface area contributed by atoms with Crippen molar-refractivity contribution in [3.8, 4) is 28.3 Å². The van der Waals surface area contributed by atoms with Crippen molar-refractivity contribution < 1.29 is 27.6 Å². The molecule has 29 heavy (non-hydrogen) atoms. The van der Waals surface area contributed by atoms with Crippen LogP contribution in [0.4, 0.5) is 8.78 Å². The van der Waals surface area contributed by atoms with E-state index in [-0.39, 0.29) is 17.0 Å². The molecule has 0 spiro atoms. The van der Waals surface area contributed by atoms with E-state index >= 15 is 0 Å². The maximum absolute atomic E-state index is 12.4. The number of carbonyl (C=O) groups is 1. The van der Waals surface area contributed by atoms with Crippen molar-refractivity contribution >= 4 is 17.1 Å². The molecule has 0 aliphatic rings. The Morgan fingerprint density at radius 1 is 1.03 bits per heavy atom. The monoisotopic (exact) mass is 396 g/mol. The van der Waals surface area contributed by atoms with Crippen LogP contribution in [0.2, 0.25) is 0 Å². The van der Waals surface area contributed by atoms with Crippen molar-refractivity contribution in [2.24, 2.45) is 0 Å². The Hall–Kier alpha value is -3.81. The SMILES string of the molecule is COC(=O)c1cc(-c2ccc(OC(F)F)cc2)nc2onc(-c3ccccc3)c12. The predicted molar refractivity (Wildman–Crippen MR) is 101 cm³/mol. The van der Waals surface area contributed by atoms with Gasteiger partial charge in [0, 0.05) is 11.1 Å². The standard InChI is InChI=1S/C21H14F2N2O4/c1-27-20(26)15-11-16(12-7-9-14(10-8-12)28-21(22)23)24-19-17(15)18(25-29-19)13-5-3-2-4-6-13/h2-11,21H,1H3. The van der Waals surface area contributed by atoms with Crippen LogP contribution in [0.25, 0.3) is 33.6 Å². The molecule has 0 radical (unpaired) electrons. The quantitative estimate of drug-likeness (QED) is 0.445. The number of fused-ring (bicyclic) bond motifs is 1. The number of carbonyl (C=O) groups excluding carboxylic acids is 1. The fourth-order valence-corrected chi connectivity index (χ4v) is 2.97. The Balaban J connectivity index is 1.84. The molecule has 0 unspecified atom stereocenters. The van der Waals surface area contributed by atoms with Gasteiger partial charge in [0.05, 0.1) is 23.8 Å². The number of hydrogen-bond donors (Lipinski definition) is 0. The van der Waals surface area contributed by atoms with Crippen molar-refractivity contribution in [1.82, 2.24) is 10.1 Å². The third-order valence-corrected chi connectivity index (χ3v) is 4.27. The topological polar surface area (TPSA) is 74.5 Å². The first-order valence-electron chi connectivity index (χ1n) is 8.56.